The number of esters is 1. The number of ether oxygens (including phenoxy) is 3. The van der Waals surface area contributed by atoms with Crippen molar-refractivity contribution in [1.82, 2.24) is 4.90 Å². The Morgan fingerprint density at radius 2 is 2.30 bits per heavy atom. The predicted octanol–water partition coefficient (Wildman–Crippen LogP) is -1.18. The Bertz CT molecular complexity index is 426. The summed E-state index contributed by atoms with van der Waals surface area (Å²) < 4.78 is 15.5. The first kappa shape index (κ1) is 14.8. The van der Waals surface area contributed by atoms with Gasteiger partial charge in [0.2, 0.25) is 0 Å². The van der Waals surface area contributed by atoms with Crippen LogP contribution >= 0.6 is 0 Å². The van der Waals surface area contributed by atoms with Gasteiger partial charge in [-0.15, -0.1) is 0 Å². The van der Waals surface area contributed by atoms with Gasteiger partial charge in [0, 0.05) is 5.57 Å². The van der Waals surface area contributed by atoms with Gasteiger partial charge in [-0.05, 0) is 6.92 Å². The molecule has 2 heterocycles. The van der Waals surface area contributed by atoms with Crippen molar-refractivity contribution in [2.75, 3.05) is 19.8 Å². The molecule has 2 saturated heterocycles. The highest BCUT2D eigenvalue weighted by Crippen LogP contribution is 2.32. The van der Waals surface area contributed by atoms with Crippen molar-refractivity contribution in [3.63, 3.8) is 0 Å². The molecule has 0 bridgehead atoms. The molecule has 4 atom stereocenters. The van der Waals surface area contributed by atoms with Crippen LogP contribution in [-0.2, 0) is 19.0 Å². The second-order valence-electron chi connectivity index (χ2n) is 4.58. The van der Waals surface area contributed by atoms with E-state index in [1.54, 1.807) is 6.92 Å². The standard InChI is InChI=1S/C12H18N2O6/c1-3-18-11(17)6(2)4-14-10-9(20-12(14)13)8(16)7(5-15)19-10/h7-10,13,15-16H,2-5H2,1H3/t7-,8-,9+,10-/m0/s1. The Morgan fingerprint density at radius 1 is 1.60 bits per heavy atom. The zero-order valence-corrected chi connectivity index (χ0v) is 11.1. The van der Waals surface area contributed by atoms with Crippen LogP contribution in [0.15, 0.2) is 12.2 Å². The minimum absolute atomic E-state index is 0.00367. The third kappa shape index (κ3) is 2.49. The molecule has 8 nitrogen and oxygen atoms in total. The molecule has 0 aromatic rings. The summed E-state index contributed by atoms with van der Waals surface area (Å²) in [5.41, 5.74) is 0.159. The van der Waals surface area contributed by atoms with Crippen LogP contribution in [-0.4, -0.2) is 71.4 Å². The number of rotatable bonds is 5. The Morgan fingerprint density at radius 3 is 2.90 bits per heavy atom. The molecule has 2 fully saturated rings. The monoisotopic (exact) mass is 286 g/mol. The van der Waals surface area contributed by atoms with Gasteiger partial charge in [-0.25, -0.2) is 4.79 Å². The van der Waals surface area contributed by atoms with Gasteiger partial charge in [0.1, 0.15) is 12.2 Å². The van der Waals surface area contributed by atoms with Crippen molar-refractivity contribution in [3.05, 3.63) is 12.2 Å². The van der Waals surface area contributed by atoms with Gasteiger partial charge < -0.3 is 24.4 Å². The third-order valence-corrected chi connectivity index (χ3v) is 3.23. The van der Waals surface area contributed by atoms with E-state index in [1.165, 1.54) is 4.90 Å². The molecule has 0 radical (unpaired) electrons. The topological polar surface area (TPSA) is 112 Å². The summed E-state index contributed by atoms with van der Waals surface area (Å²) >= 11 is 0. The fraction of sp³-hybridized carbons (Fsp3) is 0.667. The highest BCUT2D eigenvalue weighted by molar-refractivity contribution is 5.89. The zero-order valence-electron chi connectivity index (χ0n) is 11.1. The Balaban J connectivity index is 2.03. The Labute approximate surface area is 116 Å². The molecule has 112 valence electrons. The average Bonchev–Trinajstić information content (AvgIpc) is 2.88. The molecule has 0 spiro atoms. The minimum atomic E-state index is -1.02. The maximum absolute atomic E-state index is 11.5. The molecule has 0 aromatic heterocycles. The number of aliphatic hydroxyl groups excluding tert-OH is 2. The molecule has 0 saturated carbocycles. The molecule has 0 amide bonds. The second-order valence-corrected chi connectivity index (χ2v) is 4.58. The number of hydrogen-bond acceptors (Lipinski definition) is 7. The SMILES string of the molecule is C=C(CN1C(=N)O[C@@H]2[C@@H](O)[C@H](CO)O[C@@H]21)C(=O)OCC. The molecule has 2 aliphatic heterocycles. The number of nitrogens with one attached hydrogen (secondary N) is 1. The number of carbonyl (C=O) groups excluding carboxylic acids is 1. The lowest BCUT2D eigenvalue weighted by atomic mass is 10.1. The van der Waals surface area contributed by atoms with Gasteiger partial charge in [0.25, 0.3) is 6.02 Å². The van der Waals surface area contributed by atoms with Gasteiger partial charge >= 0.3 is 5.97 Å². The minimum Gasteiger partial charge on any atom is -0.463 e. The number of aliphatic hydroxyl groups is 2. The maximum atomic E-state index is 11.5. The van der Waals surface area contributed by atoms with Crippen molar-refractivity contribution >= 4 is 12.0 Å². The van der Waals surface area contributed by atoms with Crippen LogP contribution in [0.1, 0.15) is 6.92 Å². The first-order valence-electron chi connectivity index (χ1n) is 6.30. The largest absolute Gasteiger partial charge is 0.463 e. The number of fused-ring (bicyclic) bond motifs is 1. The number of amidine groups is 1. The highest BCUT2D eigenvalue weighted by atomic mass is 16.6. The van der Waals surface area contributed by atoms with Crippen LogP contribution in [0.3, 0.4) is 0 Å². The molecule has 0 unspecified atom stereocenters. The summed E-state index contributed by atoms with van der Waals surface area (Å²) in [5, 5.41) is 26.7. The third-order valence-electron chi connectivity index (χ3n) is 3.23. The fourth-order valence-electron chi connectivity index (χ4n) is 2.22. The molecule has 3 N–H and O–H groups in total. The van der Waals surface area contributed by atoms with Crippen molar-refractivity contribution in [2.45, 2.75) is 31.5 Å². The van der Waals surface area contributed by atoms with Gasteiger partial charge in [-0.3, -0.25) is 10.3 Å². The maximum Gasteiger partial charge on any atom is 0.335 e. The van der Waals surface area contributed by atoms with Gasteiger partial charge in [0.05, 0.1) is 19.8 Å². The van der Waals surface area contributed by atoms with Crippen LogP contribution in [0.4, 0.5) is 0 Å². The van der Waals surface area contributed by atoms with E-state index in [9.17, 15) is 9.90 Å². The number of carbonyl (C=O) groups is 1. The quantitative estimate of drug-likeness (QED) is 0.430. The zero-order chi connectivity index (χ0) is 14.9. The van der Waals surface area contributed by atoms with Crippen LogP contribution in [0, 0.1) is 5.41 Å². The molecule has 0 aliphatic carbocycles. The van der Waals surface area contributed by atoms with E-state index in [2.05, 4.69) is 6.58 Å². The summed E-state index contributed by atoms with van der Waals surface area (Å²) in [6.07, 6.45) is -3.27. The molecule has 2 rings (SSSR count). The van der Waals surface area contributed by atoms with E-state index >= 15 is 0 Å². The Hall–Kier alpha value is -1.64. The molecule has 2 aliphatic rings. The Kier molecular flexibility index (Phi) is 4.26. The van der Waals surface area contributed by atoms with Crippen LogP contribution < -0.4 is 0 Å². The lowest BCUT2D eigenvalue weighted by Crippen LogP contribution is -2.39. The summed E-state index contributed by atoms with van der Waals surface area (Å²) in [7, 11) is 0. The molecular formula is C12H18N2O6. The van der Waals surface area contributed by atoms with E-state index in [0.717, 1.165) is 0 Å². The number of nitrogens with zero attached hydrogens (tertiary/aromatic N) is 1. The molecule has 20 heavy (non-hydrogen) atoms. The smallest absolute Gasteiger partial charge is 0.335 e. The molecular weight excluding hydrogens is 268 g/mol. The molecule has 8 heteroatoms. The van der Waals surface area contributed by atoms with Crippen LogP contribution in [0.2, 0.25) is 0 Å². The van der Waals surface area contributed by atoms with Crippen molar-refractivity contribution < 1.29 is 29.2 Å². The summed E-state index contributed by atoms with van der Waals surface area (Å²) in [6, 6.07) is -0.208. The van der Waals surface area contributed by atoms with Crippen molar-refractivity contribution in [1.29, 1.82) is 5.41 Å². The van der Waals surface area contributed by atoms with Gasteiger partial charge in [-0.1, -0.05) is 6.58 Å². The second kappa shape index (κ2) is 5.78. The normalized spacial score (nSPS) is 31.9. The summed E-state index contributed by atoms with van der Waals surface area (Å²) in [4.78, 5) is 12.9. The van der Waals surface area contributed by atoms with E-state index in [0.29, 0.717) is 0 Å². The van der Waals surface area contributed by atoms with E-state index in [1.807, 2.05) is 0 Å². The lowest BCUT2D eigenvalue weighted by molar-refractivity contribution is -0.138. The van der Waals surface area contributed by atoms with Crippen molar-refractivity contribution in [3.8, 4) is 0 Å². The van der Waals surface area contributed by atoms with Crippen LogP contribution in [0.25, 0.3) is 0 Å². The van der Waals surface area contributed by atoms with Gasteiger partial charge in [-0.2, -0.15) is 0 Å². The number of hydrogen-bond donors (Lipinski definition) is 3. The van der Waals surface area contributed by atoms with Gasteiger partial charge in [0.15, 0.2) is 12.3 Å². The van der Waals surface area contributed by atoms with E-state index in [-0.39, 0.29) is 31.4 Å². The first-order chi connectivity index (χ1) is 9.49. The van der Waals surface area contributed by atoms with Crippen LogP contribution in [0.5, 0.6) is 0 Å². The molecule has 0 aromatic carbocycles. The van der Waals surface area contributed by atoms with E-state index < -0.39 is 30.5 Å². The predicted molar refractivity (Wildman–Crippen MR) is 66.8 cm³/mol. The van der Waals surface area contributed by atoms with E-state index in [4.69, 9.17) is 24.7 Å². The lowest BCUT2D eigenvalue weighted by Gasteiger charge is -2.22. The highest BCUT2D eigenvalue weighted by Gasteiger charge is 2.53. The first-order valence-corrected chi connectivity index (χ1v) is 6.30. The summed E-state index contributed by atoms with van der Waals surface area (Å²) in [5.74, 6) is -0.555. The fourth-order valence-corrected chi connectivity index (χ4v) is 2.22. The average molecular weight is 286 g/mol. The summed E-state index contributed by atoms with van der Waals surface area (Å²) in [6.45, 7) is 5.18. The van der Waals surface area contributed by atoms with Crippen molar-refractivity contribution in [2.24, 2.45) is 0 Å².